The fourth-order valence-electron chi connectivity index (χ4n) is 1.82. The first-order valence-electron chi connectivity index (χ1n) is 6.79. The molecule has 0 atom stereocenters. The average Bonchev–Trinajstić information content (AvgIpc) is 2.37. The molecule has 0 N–H and O–H groups in total. The van der Waals surface area contributed by atoms with Gasteiger partial charge in [0, 0.05) is 29.8 Å². The monoisotopic (exact) mass is 285 g/mol. The van der Waals surface area contributed by atoms with Crippen LogP contribution in [-0.4, -0.2) is 26.5 Å². The van der Waals surface area contributed by atoms with Gasteiger partial charge < -0.3 is 4.74 Å². The van der Waals surface area contributed by atoms with Crippen LogP contribution in [0.3, 0.4) is 0 Å². The molecule has 5 nitrogen and oxygen atoms in total. The molecule has 0 unspecified atom stereocenters. The average molecular weight is 285 g/mol. The first kappa shape index (κ1) is 15.1. The number of aromatic nitrogens is 3. The standard InChI is InChI=1S/C16H19N3O2/c1-11-7-13(5-6-17-11)15-18-9-12(10-19-15)8-14(20)21-16(2,3)4/h5-7,9-10H,8H2,1-4H3. The van der Waals surface area contributed by atoms with Gasteiger partial charge in [-0.3, -0.25) is 9.78 Å². The molecule has 0 aliphatic rings. The van der Waals surface area contributed by atoms with Gasteiger partial charge in [0.15, 0.2) is 5.82 Å². The summed E-state index contributed by atoms with van der Waals surface area (Å²) < 4.78 is 5.27. The highest BCUT2D eigenvalue weighted by Crippen LogP contribution is 2.15. The molecule has 0 radical (unpaired) electrons. The number of carbonyl (C=O) groups excluding carboxylic acids is 1. The highest BCUT2D eigenvalue weighted by Gasteiger charge is 2.16. The van der Waals surface area contributed by atoms with E-state index in [9.17, 15) is 4.79 Å². The third-order valence-electron chi connectivity index (χ3n) is 2.63. The molecule has 2 rings (SSSR count). The van der Waals surface area contributed by atoms with Gasteiger partial charge in [-0.2, -0.15) is 0 Å². The fourth-order valence-corrected chi connectivity index (χ4v) is 1.82. The minimum atomic E-state index is -0.480. The van der Waals surface area contributed by atoms with Crippen LogP contribution in [0.1, 0.15) is 32.0 Å². The van der Waals surface area contributed by atoms with E-state index in [4.69, 9.17) is 4.74 Å². The summed E-state index contributed by atoms with van der Waals surface area (Å²) in [5.41, 5.74) is 2.07. The Bertz CT molecular complexity index is 631. The molecule has 2 heterocycles. The van der Waals surface area contributed by atoms with E-state index >= 15 is 0 Å². The second-order valence-corrected chi connectivity index (χ2v) is 5.86. The van der Waals surface area contributed by atoms with E-state index in [2.05, 4.69) is 15.0 Å². The molecule has 0 amide bonds. The summed E-state index contributed by atoms with van der Waals surface area (Å²) in [5, 5.41) is 0. The van der Waals surface area contributed by atoms with Crippen LogP contribution in [0.5, 0.6) is 0 Å². The van der Waals surface area contributed by atoms with Crippen LogP contribution in [0.15, 0.2) is 30.7 Å². The van der Waals surface area contributed by atoms with E-state index in [1.165, 1.54) is 0 Å². The van der Waals surface area contributed by atoms with Crippen molar-refractivity contribution in [2.24, 2.45) is 0 Å². The quantitative estimate of drug-likeness (QED) is 0.811. The molecule has 0 fully saturated rings. The third-order valence-corrected chi connectivity index (χ3v) is 2.63. The van der Waals surface area contributed by atoms with Gasteiger partial charge in [-0.05, 0) is 45.4 Å². The van der Waals surface area contributed by atoms with Crippen molar-refractivity contribution in [2.75, 3.05) is 0 Å². The topological polar surface area (TPSA) is 65.0 Å². The molecule has 0 saturated carbocycles. The third kappa shape index (κ3) is 4.63. The Morgan fingerprint density at radius 1 is 1.19 bits per heavy atom. The van der Waals surface area contributed by atoms with Gasteiger partial charge in [0.25, 0.3) is 0 Å². The van der Waals surface area contributed by atoms with Crippen molar-refractivity contribution in [1.82, 2.24) is 15.0 Å². The van der Waals surface area contributed by atoms with Crippen molar-refractivity contribution in [3.05, 3.63) is 42.0 Å². The minimum absolute atomic E-state index is 0.174. The van der Waals surface area contributed by atoms with Crippen LogP contribution >= 0.6 is 0 Å². The Morgan fingerprint density at radius 3 is 2.43 bits per heavy atom. The summed E-state index contributed by atoms with van der Waals surface area (Å²) in [7, 11) is 0. The summed E-state index contributed by atoms with van der Waals surface area (Å²) in [6.07, 6.45) is 5.21. The predicted octanol–water partition coefficient (Wildman–Crippen LogP) is 2.73. The minimum Gasteiger partial charge on any atom is -0.460 e. The smallest absolute Gasteiger partial charge is 0.310 e. The zero-order valence-corrected chi connectivity index (χ0v) is 12.8. The maximum absolute atomic E-state index is 11.7. The van der Waals surface area contributed by atoms with Gasteiger partial charge in [0.1, 0.15) is 5.60 Å². The molecule has 0 aromatic carbocycles. The number of nitrogens with zero attached hydrogens (tertiary/aromatic N) is 3. The number of hydrogen-bond acceptors (Lipinski definition) is 5. The largest absolute Gasteiger partial charge is 0.460 e. The number of rotatable bonds is 3. The summed E-state index contributed by atoms with van der Waals surface area (Å²) in [6, 6.07) is 3.78. The van der Waals surface area contributed by atoms with Gasteiger partial charge in [0.05, 0.1) is 6.42 Å². The molecule has 0 saturated heterocycles. The molecule has 2 aromatic rings. The van der Waals surface area contributed by atoms with Crippen LogP contribution in [0.2, 0.25) is 0 Å². The molecular formula is C16H19N3O2. The number of esters is 1. The highest BCUT2D eigenvalue weighted by molar-refractivity contribution is 5.72. The zero-order valence-electron chi connectivity index (χ0n) is 12.8. The van der Waals surface area contributed by atoms with Crippen molar-refractivity contribution in [1.29, 1.82) is 0 Å². The van der Waals surface area contributed by atoms with E-state index in [1.54, 1.807) is 18.6 Å². The Morgan fingerprint density at radius 2 is 1.86 bits per heavy atom. The van der Waals surface area contributed by atoms with Crippen molar-refractivity contribution in [3.63, 3.8) is 0 Å². The lowest BCUT2D eigenvalue weighted by atomic mass is 10.2. The van der Waals surface area contributed by atoms with Gasteiger partial charge in [-0.15, -0.1) is 0 Å². The first-order chi connectivity index (χ1) is 9.83. The molecule has 5 heteroatoms. The van der Waals surface area contributed by atoms with Gasteiger partial charge in [-0.25, -0.2) is 9.97 Å². The zero-order chi connectivity index (χ0) is 15.5. The van der Waals surface area contributed by atoms with Crippen LogP contribution in [0.25, 0.3) is 11.4 Å². The Hall–Kier alpha value is -2.30. The number of carbonyl (C=O) groups is 1. The highest BCUT2D eigenvalue weighted by atomic mass is 16.6. The lowest BCUT2D eigenvalue weighted by molar-refractivity contribution is -0.153. The first-order valence-corrected chi connectivity index (χ1v) is 6.79. The molecule has 21 heavy (non-hydrogen) atoms. The summed E-state index contributed by atoms with van der Waals surface area (Å²) in [6.45, 7) is 7.45. The second-order valence-electron chi connectivity index (χ2n) is 5.86. The van der Waals surface area contributed by atoms with Crippen molar-refractivity contribution < 1.29 is 9.53 Å². The van der Waals surface area contributed by atoms with Crippen molar-refractivity contribution >= 4 is 5.97 Å². The van der Waals surface area contributed by atoms with Crippen LogP contribution < -0.4 is 0 Å². The number of aryl methyl sites for hydroxylation is 1. The summed E-state index contributed by atoms with van der Waals surface area (Å²) in [4.78, 5) is 24.5. The number of ether oxygens (including phenoxy) is 1. The van der Waals surface area contributed by atoms with Crippen molar-refractivity contribution in [2.45, 2.75) is 39.7 Å². The normalized spacial score (nSPS) is 11.2. The van der Waals surface area contributed by atoms with Crippen LogP contribution in [-0.2, 0) is 16.0 Å². The van der Waals surface area contributed by atoms with E-state index in [0.29, 0.717) is 5.82 Å². The predicted molar refractivity (Wildman–Crippen MR) is 79.5 cm³/mol. The Labute approximate surface area is 124 Å². The molecule has 0 aliphatic carbocycles. The van der Waals surface area contributed by atoms with E-state index in [-0.39, 0.29) is 12.4 Å². The molecule has 110 valence electrons. The molecule has 0 bridgehead atoms. The Kier molecular flexibility index (Phi) is 4.31. The van der Waals surface area contributed by atoms with Gasteiger partial charge >= 0.3 is 5.97 Å². The van der Waals surface area contributed by atoms with Crippen LogP contribution in [0, 0.1) is 6.92 Å². The SMILES string of the molecule is Cc1cc(-c2ncc(CC(=O)OC(C)(C)C)cn2)ccn1. The van der Waals surface area contributed by atoms with E-state index in [0.717, 1.165) is 16.8 Å². The summed E-state index contributed by atoms with van der Waals surface area (Å²) in [5.74, 6) is 0.340. The molecule has 0 aliphatic heterocycles. The Balaban J connectivity index is 2.07. The maximum atomic E-state index is 11.7. The van der Waals surface area contributed by atoms with E-state index in [1.807, 2.05) is 39.8 Å². The molecule has 0 spiro atoms. The fraction of sp³-hybridized carbons (Fsp3) is 0.375. The summed E-state index contributed by atoms with van der Waals surface area (Å²) >= 11 is 0. The van der Waals surface area contributed by atoms with E-state index < -0.39 is 5.60 Å². The van der Waals surface area contributed by atoms with Gasteiger partial charge in [-0.1, -0.05) is 0 Å². The second kappa shape index (κ2) is 5.99. The van der Waals surface area contributed by atoms with Crippen molar-refractivity contribution in [3.8, 4) is 11.4 Å². The maximum Gasteiger partial charge on any atom is 0.310 e. The van der Waals surface area contributed by atoms with Crippen LogP contribution in [0.4, 0.5) is 0 Å². The molecule has 2 aromatic heterocycles. The number of hydrogen-bond donors (Lipinski definition) is 0. The lowest BCUT2D eigenvalue weighted by Gasteiger charge is -2.19. The van der Waals surface area contributed by atoms with Gasteiger partial charge in [0.2, 0.25) is 0 Å². The number of pyridine rings is 1. The molecular weight excluding hydrogens is 266 g/mol. The lowest BCUT2D eigenvalue weighted by Crippen LogP contribution is -2.25.